The van der Waals surface area contributed by atoms with Crippen LogP contribution in [-0.4, -0.2) is 35.5 Å². The van der Waals surface area contributed by atoms with E-state index in [4.69, 9.17) is 13.9 Å². The Hall–Kier alpha value is 0.0969. The largest absolute Gasteiger partial charge is 0.418 e. The monoisotopic (exact) mass is 220 g/mol. The minimum absolute atomic E-state index is 0.0582. The van der Waals surface area contributed by atoms with Crippen molar-refractivity contribution in [3.63, 3.8) is 0 Å². The van der Waals surface area contributed by atoms with Crippen LogP contribution in [0.1, 0.15) is 34.1 Å². The molecule has 0 saturated carbocycles. The number of rotatable bonds is 9. The zero-order chi connectivity index (χ0) is 10.8. The van der Waals surface area contributed by atoms with Crippen LogP contribution in [0.25, 0.3) is 0 Å². The second-order valence-electron chi connectivity index (χ2n) is 3.60. The van der Waals surface area contributed by atoms with Crippen LogP contribution in [0, 0.1) is 5.92 Å². The Morgan fingerprint density at radius 2 is 1.64 bits per heavy atom. The van der Waals surface area contributed by atoms with E-state index in [1.807, 2.05) is 13.8 Å². The molecule has 0 unspecified atom stereocenters. The topological polar surface area (TPSA) is 27.7 Å². The third-order valence-electron chi connectivity index (χ3n) is 1.80. The fourth-order valence-corrected chi connectivity index (χ4v) is 2.20. The predicted molar refractivity (Wildman–Crippen MR) is 61.0 cm³/mol. The number of hydrogen-bond acceptors (Lipinski definition) is 3. The standard InChI is InChI=1S/C10H24O3Si/c1-5-11-10(12-6-2)14-13-8-7-9(3)4/h9-10H,5-8,14H2,1-4H3. The van der Waals surface area contributed by atoms with Gasteiger partial charge in [-0.2, -0.15) is 0 Å². The molecule has 0 N–H and O–H groups in total. The molecule has 0 bridgehead atoms. The first-order valence-corrected chi connectivity index (χ1v) is 6.91. The fraction of sp³-hybridized carbons (Fsp3) is 1.00. The van der Waals surface area contributed by atoms with Crippen LogP contribution in [0.5, 0.6) is 0 Å². The smallest absolute Gasteiger partial charge is 0.223 e. The van der Waals surface area contributed by atoms with Crippen LogP contribution in [0.4, 0.5) is 0 Å². The van der Waals surface area contributed by atoms with Gasteiger partial charge in [0.2, 0.25) is 9.76 Å². The molecule has 0 aromatic heterocycles. The van der Waals surface area contributed by atoms with E-state index in [9.17, 15) is 0 Å². The zero-order valence-corrected chi connectivity index (χ0v) is 11.3. The lowest BCUT2D eigenvalue weighted by Gasteiger charge is -2.16. The number of hydrogen-bond donors (Lipinski definition) is 0. The highest BCUT2D eigenvalue weighted by Gasteiger charge is 2.08. The fourth-order valence-electron chi connectivity index (χ4n) is 1.01. The summed E-state index contributed by atoms with van der Waals surface area (Å²) >= 11 is 0. The van der Waals surface area contributed by atoms with Crippen molar-refractivity contribution in [1.29, 1.82) is 0 Å². The first-order chi connectivity index (χ1) is 6.70. The molecule has 3 nitrogen and oxygen atoms in total. The van der Waals surface area contributed by atoms with Crippen molar-refractivity contribution < 1.29 is 13.9 Å². The van der Waals surface area contributed by atoms with Crippen LogP contribution < -0.4 is 0 Å². The van der Waals surface area contributed by atoms with Gasteiger partial charge < -0.3 is 13.9 Å². The van der Waals surface area contributed by atoms with Gasteiger partial charge in [-0.3, -0.25) is 0 Å². The maximum Gasteiger partial charge on any atom is 0.223 e. The van der Waals surface area contributed by atoms with Gasteiger partial charge in [-0.25, -0.2) is 0 Å². The van der Waals surface area contributed by atoms with E-state index in [-0.39, 0.29) is 5.91 Å². The van der Waals surface area contributed by atoms with E-state index in [1.54, 1.807) is 0 Å². The van der Waals surface area contributed by atoms with Gasteiger partial charge in [-0.1, -0.05) is 13.8 Å². The highest BCUT2D eigenvalue weighted by molar-refractivity contribution is 6.28. The molecule has 0 amide bonds. The summed E-state index contributed by atoms with van der Waals surface area (Å²) in [6, 6.07) is 0. The molecule has 0 rings (SSSR count). The Bertz CT molecular complexity index is 114. The van der Waals surface area contributed by atoms with E-state index in [0.29, 0.717) is 19.1 Å². The summed E-state index contributed by atoms with van der Waals surface area (Å²) in [6.45, 7) is 10.6. The van der Waals surface area contributed by atoms with Crippen molar-refractivity contribution in [3.8, 4) is 0 Å². The van der Waals surface area contributed by atoms with Crippen LogP contribution in [0.2, 0.25) is 0 Å². The predicted octanol–water partition coefficient (Wildman–Crippen LogP) is 1.49. The molecule has 0 aromatic carbocycles. The summed E-state index contributed by atoms with van der Waals surface area (Å²) < 4.78 is 16.4. The van der Waals surface area contributed by atoms with Crippen molar-refractivity contribution in [2.45, 2.75) is 40.0 Å². The molecule has 0 aromatic rings. The van der Waals surface area contributed by atoms with Gasteiger partial charge in [-0.05, 0) is 26.2 Å². The average molecular weight is 220 g/mol. The summed E-state index contributed by atoms with van der Waals surface area (Å²) in [5.74, 6) is 0.652. The van der Waals surface area contributed by atoms with Gasteiger partial charge in [0.25, 0.3) is 0 Å². The summed E-state index contributed by atoms with van der Waals surface area (Å²) in [4.78, 5) is 0. The molecule has 0 radical (unpaired) electrons. The highest BCUT2D eigenvalue weighted by Crippen LogP contribution is 2.00. The van der Waals surface area contributed by atoms with Crippen LogP contribution in [-0.2, 0) is 13.9 Å². The first kappa shape index (κ1) is 14.1. The molecule has 0 aliphatic carbocycles. The Balaban J connectivity index is 3.40. The average Bonchev–Trinajstić information content (AvgIpc) is 2.12. The molecule has 4 heteroatoms. The molecule has 0 aliphatic rings. The SMILES string of the molecule is CCOC(OCC)[SiH2]OCCC(C)C. The lowest BCUT2D eigenvalue weighted by atomic mass is 10.2. The summed E-state index contributed by atoms with van der Waals surface area (Å²) in [5.41, 5.74) is 0. The lowest BCUT2D eigenvalue weighted by molar-refractivity contribution is -0.0900. The van der Waals surface area contributed by atoms with Gasteiger partial charge in [0, 0.05) is 19.8 Å². The quantitative estimate of drug-likeness (QED) is 0.335. The van der Waals surface area contributed by atoms with E-state index < -0.39 is 9.76 Å². The van der Waals surface area contributed by atoms with Crippen molar-refractivity contribution >= 4 is 9.76 Å². The Morgan fingerprint density at radius 1 is 1.07 bits per heavy atom. The molecule has 0 saturated heterocycles. The Labute approximate surface area is 90.1 Å². The maximum absolute atomic E-state index is 5.60. The van der Waals surface area contributed by atoms with Gasteiger partial charge >= 0.3 is 0 Å². The first-order valence-electron chi connectivity index (χ1n) is 5.51. The van der Waals surface area contributed by atoms with E-state index in [1.165, 1.54) is 0 Å². The minimum Gasteiger partial charge on any atom is -0.418 e. The van der Waals surface area contributed by atoms with Crippen molar-refractivity contribution in [3.05, 3.63) is 0 Å². The van der Waals surface area contributed by atoms with Gasteiger partial charge in [0.15, 0.2) is 5.91 Å². The lowest BCUT2D eigenvalue weighted by Crippen LogP contribution is -2.27. The van der Waals surface area contributed by atoms with Gasteiger partial charge in [0.05, 0.1) is 0 Å². The van der Waals surface area contributed by atoms with E-state index in [0.717, 1.165) is 13.0 Å². The summed E-state index contributed by atoms with van der Waals surface area (Å²) in [6.07, 6.45) is 1.12. The third-order valence-corrected chi connectivity index (χ3v) is 3.07. The molecular weight excluding hydrogens is 196 g/mol. The third kappa shape index (κ3) is 8.68. The molecule has 0 aliphatic heterocycles. The highest BCUT2D eigenvalue weighted by atomic mass is 28.2. The van der Waals surface area contributed by atoms with Crippen molar-refractivity contribution in [1.82, 2.24) is 0 Å². The molecular formula is C10H24O3Si. The second kappa shape index (κ2) is 9.64. The number of ether oxygens (including phenoxy) is 2. The summed E-state index contributed by atoms with van der Waals surface area (Å²) in [5, 5.41) is 0. The van der Waals surface area contributed by atoms with Crippen LogP contribution in [0.15, 0.2) is 0 Å². The Morgan fingerprint density at radius 3 is 2.07 bits per heavy atom. The maximum atomic E-state index is 5.60. The Kier molecular flexibility index (Phi) is 9.71. The molecule has 86 valence electrons. The molecule has 0 fully saturated rings. The molecule has 0 heterocycles. The molecule has 0 atom stereocenters. The van der Waals surface area contributed by atoms with Crippen molar-refractivity contribution in [2.24, 2.45) is 5.92 Å². The van der Waals surface area contributed by atoms with E-state index in [2.05, 4.69) is 13.8 Å². The normalized spacial score (nSPS) is 12.4. The zero-order valence-electron chi connectivity index (χ0n) is 9.91. The minimum atomic E-state index is -0.684. The van der Waals surface area contributed by atoms with Gasteiger partial charge in [0.1, 0.15) is 0 Å². The molecule has 14 heavy (non-hydrogen) atoms. The van der Waals surface area contributed by atoms with E-state index >= 15 is 0 Å². The van der Waals surface area contributed by atoms with Crippen LogP contribution in [0.3, 0.4) is 0 Å². The van der Waals surface area contributed by atoms with Crippen LogP contribution >= 0.6 is 0 Å². The van der Waals surface area contributed by atoms with Gasteiger partial charge in [-0.15, -0.1) is 0 Å². The molecule has 0 spiro atoms. The van der Waals surface area contributed by atoms with Crippen molar-refractivity contribution in [2.75, 3.05) is 19.8 Å². The second-order valence-corrected chi connectivity index (χ2v) is 5.01. The summed E-state index contributed by atoms with van der Waals surface area (Å²) in [7, 11) is -0.684.